The highest BCUT2D eigenvalue weighted by molar-refractivity contribution is 8.93. The molecule has 2 nitrogen and oxygen atoms in total. The van der Waals surface area contributed by atoms with Crippen LogP contribution in [-0.4, -0.2) is 22.6 Å². The first kappa shape index (κ1) is 17.5. The summed E-state index contributed by atoms with van der Waals surface area (Å²) in [7, 11) is 0. The predicted octanol–water partition coefficient (Wildman–Crippen LogP) is 4.69. The Hall–Kier alpha value is -1.32. The molecule has 0 aromatic heterocycles. The van der Waals surface area contributed by atoms with Gasteiger partial charge in [0, 0.05) is 12.6 Å². The maximum atomic E-state index is 9.92. The van der Waals surface area contributed by atoms with Crippen LogP contribution in [0.1, 0.15) is 37.0 Å². The van der Waals surface area contributed by atoms with E-state index in [1.807, 2.05) is 12.1 Å². The van der Waals surface area contributed by atoms with E-state index >= 15 is 0 Å². The zero-order valence-electron chi connectivity index (χ0n) is 14.4. The number of fused-ring (bicyclic) bond motifs is 4. The van der Waals surface area contributed by atoms with Gasteiger partial charge in [0.25, 0.3) is 0 Å². The van der Waals surface area contributed by atoms with E-state index in [0.29, 0.717) is 17.7 Å². The zero-order valence-corrected chi connectivity index (χ0v) is 16.1. The van der Waals surface area contributed by atoms with Crippen LogP contribution in [0.5, 0.6) is 5.75 Å². The second-order valence-corrected chi connectivity index (χ2v) is 7.53. The lowest BCUT2D eigenvalue weighted by molar-refractivity contribution is 0.0258. The van der Waals surface area contributed by atoms with E-state index in [9.17, 15) is 5.11 Å². The molecule has 0 amide bonds. The standard InChI is InChI=1S/C21H25NO.BrH/c1-15-20-12-17-8-9-18(23)13-19(17)21(15,2)10-11-22(20)14-16-6-4-3-5-7-16;/h3-9,13,15,20,23H,10-12,14H2,1-2H3;1H/t15?,20-,21-;/m1./s1. The third-order valence-corrected chi connectivity index (χ3v) is 6.34. The number of nitrogens with zero attached hydrogens (tertiary/aromatic N) is 1. The van der Waals surface area contributed by atoms with Crippen LogP contribution in [0.15, 0.2) is 48.5 Å². The lowest BCUT2D eigenvalue weighted by atomic mass is 9.59. The molecule has 1 fully saturated rings. The minimum absolute atomic E-state index is 0. The summed E-state index contributed by atoms with van der Waals surface area (Å²) in [6.07, 6.45) is 2.26. The van der Waals surface area contributed by atoms with E-state index in [4.69, 9.17) is 0 Å². The van der Waals surface area contributed by atoms with Crippen LogP contribution < -0.4 is 0 Å². The van der Waals surface area contributed by atoms with Crippen molar-refractivity contribution < 1.29 is 5.11 Å². The first-order valence-corrected chi connectivity index (χ1v) is 8.68. The summed E-state index contributed by atoms with van der Waals surface area (Å²) in [6.45, 7) is 6.96. The van der Waals surface area contributed by atoms with Crippen molar-refractivity contribution in [2.75, 3.05) is 6.54 Å². The maximum absolute atomic E-state index is 9.92. The quantitative estimate of drug-likeness (QED) is 0.807. The van der Waals surface area contributed by atoms with E-state index in [0.717, 1.165) is 25.9 Å². The molecule has 1 saturated heterocycles. The molecule has 2 aromatic carbocycles. The van der Waals surface area contributed by atoms with Crippen LogP contribution in [0.3, 0.4) is 0 Å². The summed E-state index contributed by atoms with van der Waals surface area (Å²) in [6, 6.07) is 17.4. The monoisotopic (exact) mass is 387 g/mol. The Morgan fingerprint density at radius 3 is 2.67 bits per heavy atom. The lowest BCUT2D eigenvalue weighted by Gasteiger charge is -2.54. The number of likely N-dealkylation sites (tertiary alicyclic amines) is 1. The lowest BCUT2D eigenvalue weighted by Crippen LogP contribution is -2.57. The summed E-state index contributed by atoms with van der Waals surface area (Å²) >= 11 is 0. The Bertz CT molecular complexity index is 717. The molecule has 24 heavy (non-hydrogen) atoms. The third kappa shape index (κ3) is 2.78. The molecule has 1 aliphatic heterocycles. The van der Waals surface area contributed by atoms with E-state index < -0.39 is 0 Å². The van der Waals surface area contributed by atoms with Gasteiger partial charge >= 0.3 is 0 Å². The normalized spacial score (nSPS) is 28.8. The van der Waals surface area contributed by atoms with Gasteiger partial charge in [0.15, 0.2) is 0 Å². The Labute approximate surface area is 155 Å². The molecule has 1 unspecified atom stereocenters. The Kier molecular flexibility index (Phi) is 4.76. The number of phenols is 1. The number of rotatable bonds is 2. The van der Waals surface area contributed by atoms with Gasteiger partial charge in [-0.05, 0) is 59.5 Å². The highest BCUT2D eigenvalue weighted by Gasteiger charge is 2.48. The largest absolute Gasteiger partial charge is 0.508 e. The second-order valence-electron chi connectivity index (χ2n) is 7.53. The number of aromatic hydroxyl groups is 1. The molecule has 3 atom stereocenters. The minimum Gasteiger partial charge on any atom is -0.508 e. The molecule has 1 aliphatic carbocycles. The molecule has 2 aliphatic rings. The second kappa shape index (κ2) is 6.53. The first-order valence-electron chi connectivity index (χ1n) is 8.68. The van der Waals surface area contributed by atoms with Gasteiger partial charge in [0.2, 0.25) is 0 Å². The smallest absolute Gasteiger partial charge is 0.115 e. The highest BCUT2D eigenvalue weighted by Crippen LogP contribution is 2.49. The number of piperidine rings is 1. The van der Waals surface area contributed by atoms with Gasteiger partial charge in [-0.25, -0.2) is 0 Å². The Morgan fingerprint density at radius 1 is 1.17 bits per heavy atom. The number of benzene rings is 2. The van der Waals surface area contributed by atoms with E-state index in [-0.39, 0.29) is 22.4 Å². The number of hydrogen-bond acceptors (Lipinski definition) is 2. The highest BCUT2D eigenvalue weighted by atomic mass is 79.9. The van der Waals surface area contributed by atoms with Gasteiger partial charge < -0.3 is 5.11 Å². The molecule has 128 valence electrons. The molecule has 0 radical (unpaired) electrons. The molecule has 0 saturated carbocycles. The summed E-state index contributed by atoms with van der Waals surface area (Å²) in [4.78, 5) is 2.66. The summed E-state index contributed by atoms with van der Waals surface area (Å²) in [5, 5.41) is 9.92. The van der Waals surface area contributed by atoms with Crippen molar-refractivity contribution in [2.24, 2.45) is 5.92 Å². The van der Waals surface area contributed by atoms with E-state index in [1.54, 1.807) is 0 Å². The topological polar surface area (TPSA) is 23.5 Å². The average molecular weight is 388 g/mol. The first-order chi connectivity index (χ1) is 11.1. The van der Waals surface area contributed by atoms with Crippen molar-refractivity contribution in [3.63, 3.8) is 0 Å². The minimum atomic E-state index is 0. The Morgan fingerprint density at radius 2 is 1.92 bits per heavy atom. The van der Waals surface area contributed by atoms with Gasteiger partial charge in [-0.2, -0.15) is 0 Å². The van der Waals surface area contributed by atoms with Crippen molar-refractivity contribution in [1.29, 1.82) is 0 Å². The van der Waals surface area contributed by atoms with Crippen molar-refractivity contribution in [2.45, 2.75) is 44.7 Å². The van der Waals surface area contributed by atoms with Crippen LogP contribution in [-0.2, 0) is 18.4 Å². The molecule has 2 bridgehead atoms. The molecule has 2 aromatic rings. The number of phenolic OH excluding ortho intramolecular Hbond substituents is 1. The van der Waals surface area contributed by atoms with Gasteiger partial charge in [-0.1, -0.05) is 50.2 Å². The fourth-order valence-corrected chi connectivity index (χ4v) is 4.71. The fraction of sp³-hybridized carbons (Fsp3) is 0.429. The summed E-state index contributed by atoms with van der Waals surface area (Å²) < 4.78 is 0. The molecule has 3 heteroatoms. The predicted molar refractivity (Wildman–Crippen MR) is 104 cm³/mol. The van der Waals surface area contributed by atoms with Crippen LogP contribution in [0.2, 0.25) is 0 Å². The van der Waals surface area contributed by atoms with Gasteiger partial charge in [0.05, 0.1) is 0 Å². The van der Waals surface area contributed by atoms with Crippen LogP contribution >= 0.6 is 17.0 Å². The van der Waals surface area contributed by atoms with E-state index in [1.165, 1.54) is 16.7 Å². The SMILES string of the molecule is Br.CC1[C@H]2Cc3ccc(O)cc3[C@]1(C)CCN2Cc1ccccc1. The van der Waals surface area contributed by atoms with Crippen molar-refractivity contribution in [3.05, 3.63) is 65.2 Å². The molecule has 4 rings (SSSR count). The Balaban J connectivity index is 0.00000169. The molecule has 1 heterocycles. The van der Waals surface area contributed by atoms with Crippen LogP contribution in [0.4, 0.5) is 0 Å². The molecular weight excluding hydrogens is 362 g/mol. The van der Waals surface area contributed by atoms with E-state index in [2.05, 4.69) is 55.1 Å². The van der Waals surface area contributed by atoms with Gasteiger partial charge in [-0.15, -0.1) is 17.0 Å². The van der Waals surface area contributed by atoms with Crippen LogP contribution in [0, 0.1) is 5.92 Å². The number of halogens is 1. The fourth-order valence-electron chi connectivity index (χ4n) is 4.71. The zero-order chi connectivity index (χ0) is 16.0. The molecular formula is C21H26BrNO. The van der Waals surface area contributed by atoms with Crippen LogP contribution in [0.25, 0.3) is 0 Å². The van der Waals surface area contributed by atoms with Crippen molar-refractivity contribution in [1.82, 2.24) is 4.90 Å². The molecule has 1 N–H and O–H groups in total. The summed E-state index contributed by atoms with van der Waals surface area (Å²) in [5.41, 5.74) is 4.39. The van der Waals surface area contributed by atoms with Crippen molar-refractivity contribution in [3.8, 4) is 5.75 Å². The summed E-state index contributed by atoms with van der Waals surface area (Å²) in [5.74, 6) is 1.01. The van der Waals surface area contributed by atoms with Gasteiger partial charge in [0.1, 0.15) is 5.75 Å². The maximum Gasteiger partial charge on any atom is 0.115 e. The molecule has 0 spiro atoms. The average Bonchev–Trinajstić information content (AvgIpc) is 2.55. The van der Waals surface area contributed by atoms with Crippen molar-refractivity contribution >= 4 is 17.0 Å². The number of hydrogen-bond donors (Lipinski definition) is 1. The third-order valence-electron chi connectivity index (χ3n) is 6.34. The van der Waals surface area contributed by atoms with Gasteiger partial charge in [-0.3, -0.25) is 4.90 Å².